The summed E-state index contributed by atoms with van der Waals surface area (Å²) < 4.78 is 5.52. The van der Waals surface area contributed by atoms with Crippen LogP contribution in [0.25, 0.3) is 21.8 Å². The van der Waals surface area contributed by atoms with Crippen LogP contribution < -0.4 is 10.1 Å². The minimum absolute atomic E-state index is 0.703. The standard InChI is InChI=1S/C31H48ClN5O/c1-6-35(7-2)19-11-21-37(22-12-20-36(8-3)9-4)18-10-17-33-31-27-15-13-25(32)23-30(27)34-29-16-14-26(38-5)24-28(29)31/h13-16,23-24H,6-12,17-22H2,1-5H3,(H,33,34). The highest BCUT2D eigenvalue weighted by atomic mass is 35.5. The lowest BCUT2D eigenvalue weighted by atomic mass is 10.1. The number of ether oxygens (including phenoxy) is 1. The van der Waals surface area contributed by atoms with Gasteiger partial charge in [0.15, 0.2) is 0 Å². The zero-order chi connectivity index (χ0) is 27.3. The van der Waals surface area contributed by atoms with Crippen molar-refractivity contribution in [2.75, 3.05) is 77.9 Å². The summed E-state index contributed by atoms with van der Waals surface area (Å²) in [5, 5.41) is 6.63. The summed E-state index contributed by atoms with van der Waals surface area (Å²) >= 11 is 6.30. The molecule has 3 aromatic rings. The van der Waals surface area contributed by atoms with Gasteiger partial charge in [-0.05, 0) is 115 Å². The van der Waals surface area contributed by atoms with Crippen molar-refractivity contribution >= 4 is 39.1 Å². The SMILES string of the molecule is CCN(CC)CCCN(CCCNc1c2ccc(Cl)cc2nc2ccc(OC)cc12)CCCN(CC)CC. The zero-order valence-electron chi connectivity index (χ0n) is 24.2. The van der Waals surface area contributed by atoms with E-state index in [9.17, 15) is 0 Å². The van der Waals surface area contributed by atoms with Crippen molar-refractivity contribution in [1.29, 1.82) is 0 Å². The molecule has 0 aliphatic heterocycles. The molecule has 0 fully saturated rings. The summed E-state index contributed by atoms with van der Waals surface area (Å²) in [6, 6.07) is 12.0. The van der Waals surface area contributed by atoms with Gasteiger partial charge in [0.1, 0.15) is 5.75 Å². The normalized spacial score (nSPS) is 11.9. The molecule has 0 atom stereocenters. The van der Waals surface area contributed by atoms with Gasteiger partial charge in [-0.2, -0.15) is 0 Å². The molecule has 38 heavy (non-hydrogen) atoms. The Balaban J connectivity index is 1.67. The van der Waals surface area contributed by atoms with Crippen LogP contribution in [0.5, 0.6) is 5.75 Å². The number of nitrogens with zero attached hydrogens (tertiary/aromatic N) is 4. The molecule has 0 amide bonds. The molecule has 7 heteroatoms. The molecular formula is C31H48ClN5O. The van der Waals surface area contributed by atoms with Crippen LogP contribution in [-0.4, -0.2) is 92.2 Å². The Kier molecular flexibility index (Phi) is 12.9. The number of halogens is 1. The van der Waals surface area contributed by atoms with E-state index in [4.69, 9.17) is 21.3 Å². The van der Waals surface area contributed by atoms with Crippen LogP contribution in [0.15, 0.2) is 36.4 Å². The molecule has 1 N–H and O–H groups in total. The van der Waals surface area contributed by atoms with Gasteiger partial charge in [-0.3, -0.25) is 0 Å². The minimum Gasteiger partial charge on any atom is -0.497 e. The summed E-state index contributed by atoms with van der Waals surface area (Å²) in [6.07, 6.45) is 3.53. The number of hydrogen-bond donors (Lipinski definition) is 1. The predicted octanol–water partition coefficient (Wildman–Crippen LogP) is 6.62. The second-order valence-corrected chi connectivity index (χ2v) is 10.4. The molecule has 6 nitrogen and oxygen atoms in total. The third kappa shape index (κ3) is 8.70. The number of pyridine rings is 1. The second-order valence-electron chi connectivity index (χ2n) is 9.91. The van der Waals surface area contributed by atoms with Crippen LogP contribution in [0.4, 0.5) is 5.69 Å². The summed E-state index contributed by atoms with van der Waals surface area (Å²) in [5.41, 5.74) is 2.96. The van der Waals surface area contributed by atoms with Crippen LogP contribution in [-0.2, 0) is 0 Å². The average molecular weight is 542 g/mol. The van der Waals surface area contributed by atoms with Gasteiger partial charge >= 0.3 is 0 Å². The summed E-state index contributed by atoms with van der Waals surface area (Å²) in [4.78, 5) is 12.6. The number of benzene rings is 2. The maximum atomic E-state index is 6.30. The Bertz CT molecular complexity index is 1100. The van der Waals surface area contributed by atoms with Crippen molar-refractivity contribution in [1.82, 2.24) is 19.7 Å². The zero-order valence-corrected chi connectivity index (χ0v) is 25.0. The lowest BCUT2D eigenvalue weighted by molar-refractivity contribution is 0.217. The molecule has 0 saturated carbocycles. The topological polar surface area (TPSA) is 43.9 Å². The number of anilines is 1. The van der Waals surface area contributed by atoms with E-state index in [2.05, 4.69) is 59.8 Å². The second kappa shape index (κ2) is 16.1. The van der Waals surface area contributed by atoms with Crippen molar-refractivity contribution in [3.63, 3.8) is 0 Å². The first kappa shape index (κ1) is 30.4. The molecule has 0 saturated heterocycles. The molecule has 1 heterocycles. The molecular weight excluding hydrogens is 494 g/mol. The van der Waals surface area contributed by atoms with Gasteiger partial charge in [0, 0.05) is 22.3 Å². The molecule has 0 aliphatic rings. The molecule has 1 aromatic heterocycles. The smallest absolute Gasteiger partial charge is 0.119 e. The highest BCUT2D eigenvalue weighted by Gasteiger charge is 2.12. The van der Waals surface area contributed by atoms with Gasteiger partial charge < -0.3 is 24.8 Å². The first-order valence-corrected chi connectivity index (χ1v) is 14.9. The van der Waals surface area contributed by atoms with E-state index >= 15 is 0 Å². The molecule has 3 rings (SSSR count). The lowest BCUT2D eigenvalue weighted by Crippen LogP contribution is -2.34. The average Bonchev–Trinajstić information content (AvgIpc) is 2.94. The number of rotatable bonds is 18. The first-order valence-electron chi connectivity index (χ1n) is 14.5. The Morgan fingerprint density at radius 1 is 0.711 bits per heavy atom. The Labute approximate surface area is 235 Å². The van der Waals surface area contributed by atoms with Crippen molar-refractivity contribution < 1.29 is 4.74 Å². The lowest BCUT2D eigenvalue weighted by Gasteiger charge is -2.26. The molecule has 0 aliphatic carbocycles. The van der Waals surface area contributed by atoms with E-state index in [1.54, 1.807) is 7.11 Å². The van der Waals surface area contributed by atoms with E-state index in [-0.39, 0.29) is 0 Å². The van der Waals surface area contributed by atoms with E-state index in [0.717, 1.165) is 92.0 Å². The highest BCUT2D eigenvalue weighted by Crippen LogP contribution is 2.34. The van der Waals surface area contributed by atoms with E-state index in [1.165, 1.54) is 25.9 Å². The monoisotopic (exact) mass is 541 g/mol. The van der Waals surface area contributed by atoms with E-state index < -0.39 is 0 Å². The van der Waals surface area contributed by atoms with Crippen LogP contribution in [0.1, 0.15) is 47.0 Å². The van der Waals surface area contributed by atoms with E-state index in [0.29, 0.717) is 5.02 Å². The fraction of sp³-hybridized carbons (Fsp3) is 0.581. The third-order valence-corrected chi connectivity index (χ3v) is 7.82. The Morgan fingerprint density at radius 3 is 1.92 bits per heavy atom. The first-order chi connectivity index (χ1) is 18.5. The highest BCUT2D eigenvalue weighted by molar-refractivity contribution is 6.31. The minimum atomic E-state index is 0.703. The van der Waals surface area contributed by atoms with Crippen LogP contribution >= 0.6 is 11.6 Å². The number of methoxy groups -OCH3 is 1. The van der Waals surface area contributed by atoms with Gasteiger partial charge in [-0.25, -0.2) is 4.98 Å². The van der Waals surface area contributed by atoms with Crippen molar-refractivity contribution in [3.05, 3.63) is 41.4 Å². The molecule has 210 valence electrons. The fourth-order valence-electron chi connectivity index (χ4n) is 5.18. The maximum Gasteiger partial charge on any atom is 0.119 e. The van der Waals surface area contributed by atoms with Crippen molar-refractivity contribution in [3.8, 4) is 5.75 Å². The Morgan fingerprint density at radius 2 is 1.32 bits per heavy atom. The third-order valence-electron chi connectivity index (χ3n) is 7.58. The summed E-state index contributed by atoms with van der Waals surface area (Å²) in [6.45, 7) is 20.2. The number of fused-ring (bicyclic) bond motifs is 2. The van der Waals surface area contributed by atoms with Gasteiger partial charge in [0.05, 0.1) is 23.8 Å². The van der Waals surface area contributed by atoms with Gasteiger partial charge in [-0.15, -0.1) is 0 Å². The molecule has 0 spiro atoms. The predicted molar refractivity (Wildman–Crippen MR) is 165 cm³/mol. The largest absolute Gasteiger partial charge is 0.497 e. The van der Waals surface area contributed by atoms with Crippen LogP contribution in [0, 0.1) is 0 Å². The van der Waals surface area contributed by atoms with Crippen molar-refractivity contribution in [2.24, 2.45) is 0 Å². The number of hydrogen-bond acceptors (Lipinski definition) is 6. The molecule has 2 aromatic carbocycles. The molecule has 0 bridgehead atoms. The van der Waals surface area contributed by atoms with Gasteiger partial charge in [0.2, 0.25) is 0 Å². The number of nitrogens with one attached hydrogen (secondary N) is 1. The maximum absolute atomic E-state index is 6.30. The van der Waals surface area contributed by atoms with Gasteiger partial charge in [0.25, 0.3) is 0 Å². The van der Waals surface area contributed by atoms with Crippen molar-refractivity contribution in [2.45, 2.75) is 47.0 Å². The quantitative estimate of drug-likeness (QED) is 0.144. The molecule has 0 radical (unpaired) electrons. The Hall–Kier alpha value is -2.12. The fourth-order valence-corrected chi connectivity index (χ4v) is 5.35. The van der Waals surface area contributed by atoms with Crippen LogP contribution in [0.3, 0.4) is 0 Å². The van der Waals surface area contributed by atoms with Gasteiger partial charge in [-0.1, -0.05) is 39.3 Å². The van der Waals surface area contributed by atoms with E-state index in [1.807, 2.05) is 24.3 Å². The van der Waals surface area contributed by atoms with Crippen LogP contribution in [0.2, 0.25) is 5.02 Å². The summed E-state index contributed by atoms with van der Waals surface area (Å²) in [7, 11) is 1.71. The summed E-state index contributed by atoms with van der Waals surface area (Å²) in [5.74, 6) is 0.836. The number of aromatic nitrogens is 1. The molecule has 0 unspecified atom stereocenters.